The van der Waals surface area contributed by atoms with Crippen LogP contribution in [-0.4, -0.2) is 25.0 Å². The third-order valence-corrected chi connectivity index (χ3v) is 4.47. The molecule has 2 heterocycles. The Hall–Kier alpha value is -1.81. The van der Waals surface area contributed by atoms with Crippen LogP contribution in [0.25, 0.3) is 11.0 Å². The first-order chi connectivity index (χ1) is 10.1. The Morgan fingerprint density at radius 1 is 1.38 bits per heavy atom. The van der Waals surface area contributed by atoms with Crippen LogP contribution in [0.4, 0.5) is 0 Å². The van der Waals surface area contributed by atoms with E-state index in [4.69, 9.17) is 4.42 Å². The van der Waals surface area contributed by atoms with Crippen LogP contribution in [0.5, 0.6) is 0 Å². The second kappa shape index (κ2) is 5.53. The van der Waals surface area contributed by atoms with Crippen LogP contribution in [0.15, 0.2) is 22.6 Å². The van der Waals surface area contributed by atoms with E-state index in [1.54, 1.807) is 0 Å². The zero-order chi connectivity index (χ0) is 15.0. The molecule has 2 unspecified atom stereocenters. The van der Waals surface area contributed by atoms with E-state index in [1.165, 1.54) is 0 Å². The number of hydrogen-bond donors (Lipinski definition) is 2. The van der Waals surface area contributed by atoms with Crippen LogP contribution in [0.3, 0.4) is 0 Å². The van der Waals surface area contributed by atoms with E-state index in [2.05, 4.69) is 17.6 Å². The number of benzene rings is 1. The van der Waals surface area contributed by atoms with Gasteiger partial charge in [0.2, 0.25) is 0 Å². The summed E-state index contributed by atoms with van der Waals surface area (Å²) in [5.41, 5.74) is 2.80. The number of nitrogens with one attached hydrogen (secondary N) is 2. The fourth-order valence-electron chi connectivity index (χ4n) is 3.06. The first-order valence-corrected chi connectivity index (χ1v) is 7.58. The third-order valence-electron chi connectivity index (χ3n) is 4.47. The average molecular weight is 286 g/mol. The summed E-state index contributed by atoms with van der Waals surface area (Å²) in [5.74, 6) is 0.793. The molecule has 1 aromatic carbocycles. The number of carbonyl (C=O) groups is 1. The first-order valence-electron chi connectivity index (χ1n) is 7.58. The molecule has 2 atom stereocenters. The zero-order valence-corrected chi connectivity index (χ0v) is 12.8. The summed E-state index contributed by atoms with van der Waals surface area (Å²) in [6.07, 6.45) is 0.964. The van der Waals surface area contributed by atoms with Crippen molar-refractivity contribution in [2.75, 3.05) is 13.1 Å². The van der Waals surface area contributed by atoms with Gasteiger partial charge in [-0.3, -0.25) is 4.79 Å². The van der Waals surface area contributed by atoms with Crippen molar-refractivity contribution in [1.82, 2.24) is 10.6 Å². The molecule has 4 heteroatoms. The maximum atomic E-state index is 12.5. The van der Waals surface area contributed by atoms with Crippen molar-refractivity contribution in [3.8, 4) is 0 Å². The van der Waals surface area contributed by atoms with Crippen LogP contribution in [-0.2, 0) is 0 Å². The van der Waals surface area contributed by atoms with Crippen LogP contribution in [0.2, 0.25) is 0 Å². The van der Waals surface area contributed by atoms with Crippen molar-refractivity contribution in [1.29, 1.82) is 0 Å². The lowest BCUT2D eigenvalue weighted by molar-refractivity contribution is 0.0887. The number of rotatable bonds is 2. The van der Waals surface area contributed by atoms with Crippen molar-refractivity contribution in [3.63, 3.8) is 0 Å². The summed E-state index contributed by atoms with van der Waals surface area (Å²) in [6, 6.07) is 6.22. The molecule has 0 saturated carbocycles. The summed E-state index contributed by atoms with van der Waals surface area (Å²) in [6.45, 7) is 8.01. The van der Waals surface area contributed by atoms with Gasteiger partial charge in [0, 0.05) is 17.0 Å². The van der Waals surface area contributed by atoms with Gasteiger partial charge in [-0.25, -0.2) is 0 Å². The maximum absolute atomic E-state index is 12.5. The van der Waals surface area contributed by atoms with E-state index in [1.807, 2.05) is 32.0 Å². The Kier molecular flexibility index (Phi) is 3.72. The monoisotopic (exact) mass is 286 g/mol. The minimum atomic E-state index is -0.0955. The van der Waals surface area contributed by atoms with Crippen molar-refractivity contribution in [2.45, 2.75) is 33.2 Å². The van der Waals surface area contributed by atoms with Gasteiger partial charge < -0.3 is 15.1 Å². The van der Waals surface area contributed by atoms with Gasteiger partial charge in [0.15, 0.2) is 5.76 Å². The molecule has 0 spiro atoms. The molecule has 1 saturated heterocycles. The number of para-hydroxylation sites is 1. The predicted molar refractivity (Wildman–Crippen MR) is 83.6 cm³/mol. The van der Waals surface area contributed by atoms with Gasteiger partial charge in [0.25, 0.3) is 5.91 Å². The lowest BCUT2D eigenvalue weighted by atomic mass is 9.95. The van der Waals surface area contributed by atoms with Gasteiger partial charge in [-0.05, 0) is 44.8 Å². The molecule has 2 N–H and O–H groups in total. The van der Waals surface area contributed by atoms with E-state index in [0.717, 1.165) is 41.6 Å². The van der Waals surface area contributed by atoms with Crippen LogP contribution >= 0.6 is 0 Å². The summed E-state index contributed by atoms with van der Waals surface area (Å²) in [7, 11) is 0. The second-order valence-corrected chi connectivity index (χ2v) is 6.06. The number of furan rings is 1. The van der Waals surface area contributed by atoms with E-state index in [0.29, 0.717) is 11.7 Å². The molecule has 1 aliphatic rings. The SMILES string of the molecule is Cc1c(C(=O)NC2CCNCC2C)oc2c(C)cccc12. The molecule has 112 valence electrons. The highest BCUT2D eigenvalue weighted by Gasteiger charge is 2.26. The Bertz CT molecular complexity index is 675. The first kappa shape index (κ1) is 14.1. The van der Waals surface area contributed by atoms with Crippen molar-refractivity contribution >= 4 is 16.9 Å². The van der Waals surface area contributed by atoms with Gasteiger partial charge in [0.05, 0.1) is 0 Å². The van der Waals surface area contributed by atoms with Crippen LogP contribution < -0.4 is 10.6 Å². The Labute approximate surface area is 124 Å². The summed E-state index contributed by atoms with van der Waals surface area (Å²) in [4.78, 5) is 12.5. The van der Waals surface area contributed by atoms with Gasteiger partial charge in [-0.2, -0.15) is 0 Å². The van der Waals surface area contributed by atoms with Crippen LogP contribution in [0.1, 0.15) is 35.0 Å². The molecule has 4 nitrogen and oxygen atoms in total. The molecule has 1 fully saturated rings. The van der Waals surface area contributed by atoms with E-state index in [9.17, 15) is 4.79 Å². The number of hydrogen-bond acceptors (Lipinski definition) is 3. The number of piperidine rings is 1. The molecule has 0 bridgehead atoms. The standard InChI is InChI=1S/C17H22N2O2/c1-10-5-4-6-13-12(3)16(21-15(10)13)17(20)19-14-7-8-18-9-11(14)2/h4-6,11,14,18H,7-9H2,1-3H3,(H,19,20). The number of fused-ring (bicyclic) bond motifs is 1. The highest BCUT2D eigenvalue weighted by atomic mass is 16.3. The smallest absolute Gasteiger partial charge is 0.287 e. The van der Waals surface area contributed by atoms with Gasteiger partial charge >= 0.3 is 0 Å². The molecule has 0 radical (unpaired) electrons. The van der Waals surface area contributed by atoms with Crippen molar-refractivity contribution in [3.05, 3.63) is 35.1 Å². The normalized spacial score (nSPS) is 22.4. The van der Waals surface area contributed by atoms with Gasteiger partial charge in [-0.15, -0.1) is 0 Å². The Balaban J connectivity index is 1.88. The van der Waals surface area contributed by atoms with Gasteiger partial charge in [-0.1, -0.05) is 25.1 Å². The molecule has 3 rings (SSSR count). The number of amides is 1. The quantitative estimate of drug-likeness (QED) is 0.892. The number of carbonyl (C=O) groups excluding carboxylic acids is 1. The van der Waals surface area contributed by atoms with Crippen LogP contribution in [0, 0.1) is 19.8 Å². The Morgan fingerprint density at radius 3 is 2.90 bits per heavy atom. The molecule has 2 aromatic rings. The highest BCUT2D eigenvalue weighted by molar-refractivity contribution is 5.99. The summed E-state index contributed by atoms with van der Waals surface area (Å²) < 4.78 is 5.84. The van der Waals surface area contributed by atoms with Crippen molar-refractivity contribution in [2.24, 2.45) is 5.92 Å². The zero-order valence-electron chi connectivity index (χ0n) is 12.8. The maximum Gasteiger partial charge on any atom is 0.287 e. The topological polar surface area (TPSA) is 54.3 Å². The lowest BCUT2D eigenvalue weighted by Gasteiger charge is -2.29. The molecular weight excluding hydrogens is 264 g/mol. The lowest BCUT2D eigenvalue weighted by Crippen LogP contribution is -2.48. The van der Waals surface area contributed by atoms with Crippen molar-refractivity contribution < 1.29 is 9.21 Å². The highest BCUT2D eigenvalue weighted by Crippen LogP contribution is 2.27. The summed E-state index contributed by atoms with van der Waals surface area (Å²) >= 11 is 0. The fraction of sp³-hybridized carbons (Fsp3) is 0.471. The third kappa shape index (κ3) is 2.56. The molecule has 1 amide bonds. The average Bonchev–Trinajstić information content (AvgIpc) is 2.81. The van der Waals surface area contributed by atoms with E-state index < -0.39 is 0 Å². The fourth-order valence-corrected chi connectivity index (χ4v) is 3.06. The Morgan fingerprint density at radius 2 is 2.19 bits per heavy atom. The molecule has 21 heavy (non-hydrogen) atoms. The molecule has 0 aliphatic carbocycles. The summed E-state index contributed by atoms with van der Waals surface area (Å²) in [5, 5.41) is 7.50. The molecular formula is C17H22N2O2. The minimum Gasteiger partial charge on any atom is -0.450 e. The minimum absolute atomic E-state index is 0.0955. The molecule has 1 aliphatic heterocycles. The predicted octanol–water partition coefficient (Wildman–Crippen LogP) is 2.78. The number of aryl methyl sites for hydroxylation is 2. The molecule has 1 aromatic heterocycles. The van der Waals surface area contributed by atoms with E-state index in [-0.39, 0.29) is 11.9 Å². The largest absolute Gasteiger partial charge is 0.450 e. The van der Waals surface area contributed by atoms with E-state index >= 15 is 0 Å². The second-order valence-electron chi connectivity index (χ2n) is 6.06. The van der Waals surface area contributed by atoms with Gasteiger partial charge in [0.1, 0.15) is 5.58 Å².